The number of nitrogens with zero attached hydrogens (tertiary/aromatic N) is 2. The lowest BCUT2D eigenvalue weighted by atomic mass is 10.1. The van der Waals surface area contributed by atoms with Gasteiger partial charge in [0.25, 0.3) is 0 Å². The van der Waals surface area contributed by atoms with Crippen LogP contribution in [0.3, 0.4) is 0 Å². The number of nitrogens with one attached hydrogen (secondary N) is 1. The molecule has 2 aromatic rings. The van der Waals surface area contributed by atoms with Crippen LogP contribution < -0.4 is 5.32 Å². The lowest BCUT2D eigenvalue weighted by Crippen LogP contribution is -2.42. The molecular formula is C14H18FN3. The van der Waals surface area contributed by atoms with Crippen LogP contribution in [0.1, 0.15) is 5.56 Å². The molecule has 1 aliphatic heterocycles. The highest BCUT2D eigenvalue weighted by Crippen LogP contribution is 2.23. The average molecular weight is 247 g/mol. The van der Waals surface area contributed by atoms with Crippen LogP contribution in [0.5, 0.6) is 0 Å². The van der Waals surface area contributed by atoms with Crippen molar-refractivity contribution in [2.24, 2.45) is 7.05 Å². The molecule has 1 aromatic heterocycles. The molecule has 0 saturated carbocycles. The van der Waals surface area contributed by atoms with Gasteiger partial charge in [-0.1, -0.05) is 0 Å². The average Bonchev–Trinajstić information content (AvgIpc) is 2.67. The maximum Gasteiger partial charge on any atom is 0.123 e. The predicted molar refractivity (Wildman–Crippen MR) is 71.0 cm³/mol. The molecular weight excluding hydrogens is 229 g/mol. The minimum absolute atomic E-state index is 0.157. The molecule has 96 valence electrons. The first-order valence-corrected chi connectivity index (χ1v) is 6.40. The Kier molecular flexibility index (Phi) is 3.06. The minimum Gasteiger partial charge on any atom is -0.350 e. The Bertz CT molecular complexity index is 555. The molecule has 18 heavy (non-hydrogen) atoms. The predicted octanol–water partition coefficient (Wildman–Crippen LogP) is 1.72. The van der Waals surface area contributed by atoms with Gasteiger partial charge in [-0.15, -0.1) is 0 Å². The summed E-state index contributed by atoms with van der Waals surface area (Å²) >= 11 is 0. The van der Waals surface area contributed by atoms with E-state index in [-0.39, 0.29) is 5.82 Å². The summed E-state index contributed by atoms with van der Waals surface area (Å²) in [4.78, 5) is 2.41. The number of fused-ring (bicyclic) bond motifs is 1. The topological polar surface area (TPSA) is 20.2 Å². The quantitative estimate of drug-likeness (QED) is 0.872. The number of aryl methyl sites for hydroxylation is 1. The molecule has 1 fully saturated rings. The monoisotopic (exact) mass is 247 g/mol. The number of rotatable bonds is 2. The van der Waals surface area contributed by atoms with Crippen molar-refractivity contribution in [3.8, 4) is 0 Å². The van der Waals surface area contributed by atoms with Crippen LogP contribution in [0.2, 0.25) is 0 Å². The molecule has 0 amide bonds. The van der Waals surface area contributed by atoms with E-state index in [1.807, 2.05) is 13.1 Å². The molecule has 1 aromatic carbocycles. The Labute approximate surface area is 106 Å². The van der Waals surface area contributed by atoms with E-state index >= 15 is 0 Å². The van der Waals surface area contributed by atoms with Crippen molar-refractivity contribution < 1.29 is 4.39 Å². The number of halogens is 1. The second kappa shape index (κ2) is 4.71. The van der Waals surface area contributed by atoms with Crippen LogP contribution in [-0.4, -0.2) is 35.6 Å². The van der Waals surface area contributed by atoms with Crippen molar-refractivity contribution in [1.82, 2.24) is 14.8 Å². The van der Waals surface area contributed by atoms with Crippen LogP contribution in [0.25, 0.3) is 10.9 Å². The van der Waals surface area contributed by atoms with Crippen molar-refractivity contribution in [3.63, 3.8) is 0 Å². The van der Waals surface area contributed by atoms with Gasteiger partial charge in [-0.05, 0) is 23.8 Å². The van der Waals surface area contributed by atoms with Crippen molar-refractivity contribution >= 4 is 10.9 Å². The smallest absolute Gasteiger partial charge is 0.123 e. The second-order valence-corrected chi connectivity index (χ2v) is 4.95. The van der Waals surface area contributed by atoms with E-state index in [1.54, 1.807) is 6.07 Å². The van der Waals surface area contributed by atoms with Crippen molar-refractivity contribution in [3.05, 3.63) is 35.8 Å². The fourth-order valence-corrected chi connectivity index (χ4v) is 2.68. The summed E-state index contributed by atoms with van der Waals surface area (Å²) in [6.07, 6.45) is 2.12. The molecule has 3 rings (SSSR count). The molecule has 4 heteroatoms. The normalized spacial score (nSPS) is 17.4. The Morgan fingerprint density at radius 3 is 2.83 bits per heavy atom. The first-order chi connectivity index (χ1) is 8.74. The maximum atomic E-state index is 13.4. The molecule has 0 atom stereocenters. The van der Waals surface area contributed by atoms with Gasteiger partial charge in [0.05, 0.1) is 0 Å². The molecule has 1 N–H and O–H groups in total. The molecule has 3 nitrogen and oxygen atoms in total. The van der Waals surface area contributed by atoms with E-state index in [9.17, 15) is 4.39 Å². The van der Waals surface area contributed by atoms with Crippen LogP contribution in [0.15, 0.2) is 24.4 Å². The standard InChI is InChI=1S/C14H18FN3/c1-17-9-11(10-18-6-4-16-5-7-18)13-8-12(15)2-3-14(13)17/h2-3,8-9,16H,4-7,10H2,1H3. The number of hydrogen-bond acceptors (Lipinski definition) is 2. The van der Waals surface area contributed by atoms with Gasteiger partial charge in [0, 0.05) is 56.9 Å². The summed E-state index contributed by atoms with van der Waals surface area (Å²) in [6, 6.07) is 5.02. The summed E-state index contributed by atoms with van der Waals surface area (Å²) in [5, 5.41) is 4.38. The highest BCUT2D eigenvalue weighted by Gasteiger charge is 2.13. The summed E-state index contributed by atoms with van der Waals surface area (Å²) in [5.41, 5.74) is 2.32. The van der Waals surface area contributed by atoms with Crippen LogP contribution >= 0.6 is 0 Å². The summed E-state index contributed by atoms with van der Waals surface area (Å²) < 4.78 is 15.4. The zero-order chi connectivity index (χ0) is 12.5. The zero-order valence-corrected chi connectivity index (χ0v) is 10.6. The molecule has 0 spiro atoms. The third kappa shape index (κ3) is 2.13. The molecule has 2 heterocycles. The fourth-order valence-electron chi connectivity index (χ4n) is 2.68. The molecule has 1 aliphatic rings. The molecule has 0 aliphatic carbocycles. The highest BCUT2D eigenvalue weighted by molar-refractivity contribution is 5.84. The number of piperazine rings is 1. The maximum absolute atomic E-state index is 13.4. The van der Waals surface area contributed by atoms with Gasteiger partial charge in [0.15, 0.2) is 0 Å². The van der Waals surface area contributed by atoms with Gasteiger partial charge in [-0.3, -0.25) is 4.90 Å². The number of hydrogen-bond donors (Lipinski definition) is 1. The summed E-state index contributed by atoms with van der Waals surface area (Å²) in [6.45, 7) is 5.11. The van der Waals surface area contributed by atoms with E-state index < -0.39 is 0 Å². The third-order valence-electron chi connectivity index (χ3n) is 3.64. The minimum atomic E-state index is -0.157. The SMILES string of the molecule is Cn1cc(CN2CCNCC2)c2cc(F)ccc21. The van der Waals surface area contributed by atoms with Crippen molar-refractivity contribution in [2.45, 2.75) is 6.54 Å². The van der Waals surface area contributed by atoms with Gasteiger partial charge in [0.2, 0.25) is 0 Å². The Morgan fingerprint density at radius 1 is 1.28 bits per heavy atom. The Morgan fingerprint density at radius 2 is 2.06 bits per heavy atom. The van der Waals surface area contributed by atoms with E-state index in [0.29, 0.717) is 0 Å². The first kappa shape index (κ1) is 11.7. The summed E-state index contributed by atoms with van der Waals surface area (Å²) in [5.74, 6) is -0.157. The third-order valence-corrected chi connectivity index (χ3v) is 3.64. The zero-order valence-electron chi connectivity index (χ0n) is 10.6. The molecule has 0 unspecified atom stereocenters. The lowest BCUT2D eigenvalue weighted by Gasteiger charge is -2.26. The second-order valence-electron chi connectivity index (χ2n) is 4.95. The van der Waals surface area contributed by atoms with Crippen LogP contribution in [0.4, 0.5) is 4.39 Å². The molecule has 0 radical (unpaired) electrons. The van der Waals surface area contributed by atoms with E-state index in [1.165, 1.54) is 11.6 Å². The van der Waals surface area contributed by atoms with Crippen LogP contribution in [-0.2, 0) is 13.6 Å². The van der Waals surface area contributed by atoms with E-state index in [0.717, 1.165) is 43.6 Å². The van der Waals surface area contributed by atoms with Gasteiger partial charge in [-0.25, -0.2) is 4.39 Å². The first-order valence-electron chi connectivity index (χ1n) is 6.40. The summed E-state index contributed by atoms with van der Waals surface area (Å²) in [7, 11) is 2.02. The molecule has 1 saturated heterocycles. The van der Waals surface area contributed by atoms with Gasteiger partial charge < -0.3 is 9.88 Å². The molecule has 0 bridgehead atoms. The van der Waals surface area contributed by atoms with Gasteiger partial charge >= 0.3 is 0 Å². The van der Waals surface area contributed by atoms with Gasteiger partial charge in [-0.2, -0.15) is 0 Å². The Balaban J connectivity index is 1.93. The highest BCUT2D eigenvalue weighted by atomic mass is 19.1. The lowest BCUT2D eigenvalue weighted by molar-refractivity contribution is 0.234. The Hall–Kier alpha value is -1.39. The van der Waals surface area contributed by atoms with Gasteiger partial charge in [0.1, 0.15) is 5.82 Å². The van der Waals surface area contributed by atoms with Crippen molar-refractivity contribution in [1.29, 1.82) is 0 Å². The van der Waals surface area contributed by atoms with E-state index in [4.69, 9.17) is 0 Å². The largest absolute Gasteiger partial charge is 0.350 e. The van der Waals surface area contributed by atoms with E-state index in [2.05, 4.69) is 21.0 Å². The van der Waals surface area contributed by atoms with Crippen molar-refractivity contribution in [2.75, 3.05) is 26.2 Å². The fraction of sp³-hybridized carbons (Fsp3) is 0.429. The number of aromatic nitrogens is 1. The van der Waals surface area contributed by atoms with Crippen LogP contribution in [0, 0.1) is 5.82 Å². The number of benzene rings is 1.